The number of ether oxygens (including phenoxy) is 1. The molecule has 1 atom stereocenters. The zero-order valence-corrected chi connectivity index (χ0v) is 17.2. The Morgan fingerprint density at radius 3 is 2.36 bits per heavy atom. The van der Waals surface area contributed by atoms with Crippen molar-refractivity contribution in [2.45, 2.75) is 71.6 Å². The topological polar surface area (TPSA) is 71.0 Å². The van der Waals surface area contributed by atoms with Gasteiger partial charge in [0.25, 0.3) is 0 Å². The van der Waals surface area contributed by atoms with Crippen molar-refractivity contribution >= 4 is 15.8 Å². The van der Waals surface area contributed by atoms with Crippen LogP contribution in [-0.4, -0.2) is 68.2 Å². The van der Waals surface area contributed by atoms with Gasteiger partial charge in [0.1, 0.15) is 0 Å². The highest BCUT2D eigenvalue weighted by atomic mass is 32.2. The van der Waals surface area contributed by atoms with Crippen molar-refractivity contribution in [3.05, 3.63) is 0 Å². The largest absolute Gasteiger partial charge is 0.372 e. The Bertz CT molecular complexity index is 559. The lowest BCUT2D eigenvalue weighted by Crippen LogP contribution is -2.49. The van der Waals surface area contributed by atoms with Crippen LogP contribution < -0.4 is 5.32 Å². The summed E-state index contributed by atoms with van der Waals surface area (Å²) in [5, 5.41) is 3.44. The van der Waals surface area contributed by atoms with Crippen molar-refractivity contribution in [2.24, 2.45) is 10.9 Å². The highest BCUT2D eigenvalue weighted by Gasteiger charge is 2.29. The van der Waals surface area contributed by atoms with E-state index in [0.29, 0.717) is 24.4 Å². The molecule has 0 amide bonds. The Kier molecular flexibility index (Phi) is 6.76. The van der Waals surface area contributed by atoms with Crippen molar-refractivity contribution in [3.63, 3.8) is 0 Å². The minimum atomic E-state index is -2.84. The average Bonchev–Trinajstić information content (AvgIpc) is 2.82. The molecule has 2 rings (SSSR count). The van der Waals surface area contributed by atoms with Crippen LogP contribution in [0.4, 0.5) is 0 Å². The first-order valence-electron chi connectivity index (χ1n) is 9.48. The summed E-state index contributed by atoms with van der Waals surface area (Å²) in [6.45, 7) is 12.9. The molecule has 0 saturated carbocycles. The van der Waals surface area contributed by atoms with Gasteiger partial charge in [-0.2, -0.15) is 0 Å². The number of sulfone groups is 1. The van der Waals surface area contributed by atoms with E-state index in [1.54, 1.807) is 0 Å². The van der Waals surface area contributed by atoms with Crippen LogP contribution in [0.15, 0.2) is 4.99 Å². The quantitative estimate of drug-likeness (QED) is 0.603. The number of hydrogen-bond acceptors (Lipinski definition) is 4. The van der Waals surface area contributed by atoms with Crippen LogP contribution in [0.3, 0.4) is 0 Å². The second kappa shape index (κ2) is 8.25. The van der Waals surface area contributed by atoms with Gasteiger partial charge in [-0.05, 0) is 59.8 Å². The summed E-state index contributed by atoms with van der Waals surface area (Å²) in [4.78, 5) is 7.04. The van der Waals surface area contributed by atoms with Gasteiger partial charge in [0.2, 0.25) is 0 Å². The van der Waals surface area contributed by atoms with Gasteiger partial charge in [0.05, 0.1) is 23.2 Å². The molecule has 0 aromatic rings. The van der Waals surface area contributed by atoms with Crippen molar-refractivity contribution in [1.29, 1.82) is 0 Å². The number of nitrogens with one attached hydrogen (secondary N) is 1. The number of likely N-dealkylation sites (tertiary alicyclic amines) is 1. The maximum Gasteiger partial charge on any atom is 0.194 e. The summed E-state index contributed by atoms with van der Waals surface area (Å²) in [6, 6.07) is 0.301. The summed E-state index contributed by atoms with van der Waals surface area (Å²) in [7, 11) is -2.84. The average molecular weight is 374 g/mol. The molecule has 0 aliphatic carbocycles. The summed E-state index contributed by atoms with van der Waals surface area (Å²) in [5.41, 5.74) is -0.103. The zero-order valence-electron chi connectivity index (χ0n) is 16.4. The third kappa shape index (κ3) is 7.13. The van der Waals surface area contributed by atoms with E-state index in [0.717, 1.165) is 38.3 Å². The minimum absolute atomic E-state index is 0.103. The zero-order chi connectivity index (χ0) is 18.7. The number of piperidine rings is 1. The Labute approximate surface area is 153 Å². The van der Waals surface area contributed by atoms with Gasteiger partial charge in [0, 0.05) is 25.7 Å². The number of aliphatic imine (C=N–C) groups is 1. The lowest BCUT2D eigenvalue weighted by molar-refractivity contribution is -0.0773. The monoisotopic (exact) mass is 373 g/mol. The van der Waals surface area contributed by atoms with Crippen LogP contribution in [0.5, 0.6) is 0 Å². The van der Waals surface area contributed by atoms with Gasteiger partial charge in [0.15, 0.2) is 15.8 Å². The molecule has 1 N–H and O–H groups in total. The van der Waals surface area contributed by atoms with Gasteiger partial charge >= 0.3 is 0 Å². The van der Waals surface area contributed by atoms with E-state index in [4.69, 9.17) is 9.73 Å². The predicted octanol–water partition coefficient (Wildman–Crippen LogP) is 2.05. The van der Waals surface area contributed by atoms with Gasteiger partial charge < -0.3 is 15.0 Å². The number of guanidine groups is 1. The van der Waals surface area contributed by atoms with E-state index in [-0.39, 0.29) is 17.3 Å². The molecule has 7 heteroatoms. The van der Waals surface area contributed by atoms with Gasteiger partial charge in [-0.1, -0.05) is 0 Å². The Morgan fingerprint density at radius 2 is 1.88 bits per heavy atom. The van der Waals surface area contributed by atoms with E-state index in [1.807, 2.05) is 0 Å². The van der Waals surface area contributed by atoms with E-state index in [1.165, 1.54) is 0 Å². The summed E-state index contributed by atoms with van der Waals surface area (Å²) in [6.07, 6.45) is 3.03. The molecule has 146 valence electrons. The number of hydrogen-bond donors (Lipinski definition) is 1. The third-order valence-corrected chi connectivity index (χ3v) is 6.34. The predicted molar refractivity (Wildman–Crippen MR) is 103 cm³/mol. The lowest BCUT2D eigenvalue weighted by Gasteiger charge is -2.37. The molecule has 0 spiro atoms. The minimum Gasteiger partial charge on any atom is -0.372 e. The van der Waals surface area contributed by atoms with Crippen LogP contribution in [0.2, 0.25) is 0 Å². The van der Waals surface area contributed by atoms with Crippen molar-refractivity contribution < 1.29 is 13.2 Å². The number of rotatable bonds is 4. The maximum atomic E-state index is 11.6. The Morgan fingerprint density at radius 1 is 1.24 bits per heavy atom. The highest BCUT2D eigenvalue weighted by molar-refractivity contribution is 7.91. The first-order chi connectivity index (χ1) is 11.5. The second-order valence-corrected chi connectivity index (χ2v) is 10.9. The van der Waals surface area contributed by atoms with Crippen LogP contribution in [0.25, 0.3) is 0 Å². The molecule has 2 heterocycles. The molecule has 2 fully saturated rings. The highest BCUT2D eigenvalue weighted by Crippen LogP contribution is 2.21. The third-order valence-electron chi connectivity index (χ3n) is 4.51. The molecular weight excluding hydrogens is 338 g/mol. The van der Waals surface area contributed by atoms with Gasteiger partial charge in [-0.15, -0.1) is 0 Å². The van der Waals surface area contributed by atoms with Crippen molar-refractivity contribution in [3.8, 4) is 0 Å². The molecule has 2 aliphatic rings. The molecule has 0 radical (unpaired) electrons. The van der Waals surface area contributed by atoms with E-state index in [9.17, 15) is 8.42 Å². The first kappa shape index (κ1) is 20.5. The molecule has 6 nitrogen and oxygen atoms in total. The smallest absolute Gasteiger partial charge is 0.194 e. The van der Waals surface area contributed by atoms with Crippen LogP contribution >= 0.6 is 0 Å². The Balaban J connectivity index is 1.93. The normalized spacial score (nSPS) is 25.6. The fourth-order valence-corrected chi connectivity index (χ4v) is 5.26. The van der Waals surface area contributed by atoms with Crippen molar-refractivity contribution in [2.75, 3.05) is 31.1 Å². The van der Waals surface area contributed by atoms with Crippen LogP contribution in [0, 0.1) is 5.92 Å². The SMILES string of the molecule is CC(C)NC(=NCC1CCS(=O)(=O)C1)N1CCC(OC(C)(C)C)CC1. The molecular formula is C18H35N3O3S. The van der Waals surface area contributed by atoms with E-state index >= 15 is 0 Å². The van der Waals surface area contributed by atoms with Crippen molar-refractivity contribution in [1.82, 2.24) is 10.2 Å². The summed E-state index contributed by atoms with van der Waals surface area (Å²) >= 11 is 0. The summed E-state index contributed by atoms with van der Waals surface area (Å²) < 4.78 is 29.4. The molecule has 0 aromatic heterocycles. The number of nitrogens with zero attached hydrogens (tertiary/aromatic N) is 2. The fourth-order valence-electron chi connectivity index (χ4n) is 3.41. The fraction of sp³-hybridized carbons (Fsp3) is 0.944. The molecule has 25 heavy (non-hydrogen) atoms. The summed E-state index contributed by atoms with van der Waals surface area (Å²) in [5.74, 6) is 1.67. The molecule has 1 unspecified atom stereocenters. The Hall–Kier alpha value is -0.820. The lowest BCUT2D eigenvalue weighted by atomic mass is 10.1. The van der Waals surface area contributed by atoms with E-state index in [2.05, 4.69) is 44.8 Å². The first-order valence-corrected chi connectivity index (χ1v) is 11.3. The molecule has 2 saturated heterocycles. The molecule has 2 aliphatic heterocycles. The standard InChI is InChI=1S/C18H35N3O3S/c1-14(2)20-17(19-12-15-8-11-25(22,23)13-15)21-9-6-16(7-10-21)24-18(3,4)5/h14-16H,6-13H2,1-5H3,(H,19,20). The van der Waals surface area contributed by atoms with Crippen LogP contribution in [-0.2, 0) is 14.6 Å². The second-order valence-electron chi connectivity index (χ2n) is 8.65. The van der Waals surface area contributed by atoms with Crippen LogP contribution in [0.1, 0.15) is 53.9 Å². The molecule has 0 aromatic carbocycles. The molecule has 0 bridgehead atoms. The van der Waals surface area contributed by atoms with Gasteiger partial charge in [-0.3, -0.25) is 4.99 Å². The van der Waals surface area contributed by atoms with Gasteiger partial charge in [-0.25, -0.2) is 8.42 Å². The van der Waals surface area contributed by atoms with E-state index < -0.39 is 9.84 Å². The maximum absolute atomic E-state index is 11.6.